The average Bonchev–Trinajstić information content (AvgIpc) is 3.19. The van der Waals surface area contributed by atoms with Gasteiger partial charge in [0.05, 0.1) is 22.7 Å². The maximum Gasteiger partial charge on any atom is 0.267 e. The molecule has 0 aliphatic carbocycles. The number of anilines is 1. The van der Waals surface area contributed by atoms with Gasteiger partial charge in [-0.2, -0.15) is 0 Å². The number of thiocarbonyl (C=S) groups is 1. The second-order valence-corrected chi connectivity index (χ2v) is 10.3. The molecular formula is C24H22BrFN2O2S2. The molecule has 8 heteroatoms. The first kappa shape index (κ1) is 23.1. The highest BCUT2D eigenvalue weighted by atomic mass is 79.9. The van der Waals surface area contributed by atoms with Crippen molar-refractivity contribution in [3.63, 3.8) is 0 Å². The van der Waals surface area contributed by atoms with E-state index in [2.05, 4.69) is 22.9 Å². The molecule has 0 bridgehead atoms. The highest BCUT2D eigenvalue weighted by molar-refractivity contribution is 9.10. The van der Waals surface area contributed by atoms with E-state index in [9.17, 15) is 14.0 Å². The average molecular weight is 533 g/mol. The molecular weight excluding hydrogens is 511 g/mol. The molecule has 2 aromatic rings. The molecule has 0 spiro atoms. The van der Waals surface area contributed by atoms with Crippen molar-refractivity contribution < 1.29 is 14.0 Å². The molecule has 2 amide bonds. The van der Waals surface area contributed by atoms with Crippen molar-refractivity contribution in [2.45, 2.75) is 39.2 Å². The summed E-state index contributed by atoms with van der Waals surface area (Å²) in [6, 6.07) is 11.7. The second-order valence-electron chi connectivity index (χ2n) is 7.77. The van der Waals surface area contributed by atoms with Gasteiger partial charge >= 0.3 is 0 Å². The van der Waals surface area contributed by atoms with Crippen molar-refractivity contribution in [3.05, 3.63) is 68.8 Å². The molecule has 2 aliphatic rings. The van der Waals surface area contributed by atoms with Crippen LogP contribution >= 0.6 is 39.9 Å². The van der Waals surface area contributed by atoms with E-state index in [1.807, 2.05) is 18.2 Å². The standard InChI is InChI=1S/C24H22BrFN2O2S2/c1-2-3-4-5-12-27-19-11-8-16(25)13-18(19)20(22(27)29)21-23(30)28(24(31)32-21)14-15-6-9-17(26)10-7-15/h6-11,13H,2-5,12,14H2,1H3. The first-order chi connectivity index (χ1) is 15.4. The van der Waals surface area contributed by atoms with Crippen LogP contribution in [0.15, 0.2) is 51.8 Å². The van der Waals surface area contributed by atoms with Gasteiger partial charge < -0.3 is 4.90 Å². The fourth-order valence-electron chi connectivity index (χ4n) is 3.90. The molecule has 4 nitrogen and oxygen atoms in total. The van der Waals surface area contributed by atoms with Crippen molar-refractivity contribution in [1.82, 2.24) is 4.90 Å². The molecule has 0 unspecified atom stereocenters. The molecule has 32 heavy (non-hydrogen) atoms. The lowest BCUT2D eigenvalue weighted by Crippen LogP contribution is -2.29. The van der Waals surface area contributed by atoms with Gasteiger partial charge in [-0.3, -0.25) is 14.5 Å². The minimum absolute atomic E-state index is 0.156. The molecule has 0 atom stereocenters. The van der Waals surface area contributed by atoms with Crippen molar-refractivity contribution in [3.8, 4) is 0 Å². The maximum atomic E-state index is 13.5. The predicted molar refractivity (Wildman–Crippen MR) is 135 cm³/mol. The first-order valence-electron chi connectivity index (χ1n) is 10.5. The van der Waals surface area contributed by atoms with Crippen LogP contribution in [0.5, 0.6) is 0 Å². The summed E-state index contributed by atoms with van der Waals surface area (Å²) in [5.74, 6) is -0.776. The number of thioether (sulfide) groups is 1. The lowest BCUT2D eigenvalue weighted by atomic mass is 10.1. The third kappa shape index (κ3) is 4.54. The number of nitrogens with zero attached hydrogens (tertiary/aromatic N) is 2. The Morgan fingerprint density at radius 1 is 1.00 bits per heavy atom. The lowest BCUT2D eigenvalue weighted by molar-refractivity contribution is -0.122. The summed E-state index contributed by atoms with van der Waals surface area (Å²) < 4.78 is 14.5. The van der Waals surface area contributed by atoms with Gasteiger partial charge in [0.15, 0.2) is 0 Å². The van der Waals surface area contributed by atoms with Gasteiger partial charge in [-0.1, -0.05) is 78.2 Å². The topological polar surface area (TPSA) is 40.6 Å². The van der Waals surface area contributed by atoms with Crippen LogP contribution in [-0.2, 0) is 16.1 Å². The van der Waals surface area contributed by atoms with Crippen LogP contribution in [0.2, 0.25) is 0 Å². The second kappa shape index (κ2) is 9.85. The molecule has 2 aromatic carbocycles. The minimum atomic E-state index is -0.334. The Kier molecular flexibility index (Phi) is 7.12. The van der Waals surface area contributed by atoms with Gasteiger partial charge in [0.25, 0.3) is 11.8 Å². The molecule has 2 heterocycles. The summed E-state index contributed by atoms with van der Waals surface area (Å²) >= 11 is 10.1. The van der Waals surface area contributed by atoms with Gasteiger partial charge in [-0.05, 0) is 42.3 Å². The number of hydrogen-bond donors (Lipinski definition) is 0. The number of carbonyl (C=O) groups excluding carboxylic acids is 2. The van der Waals surface area contributed by atoms with Gasteiger partial charge in [-0.15, -0.1) is 0 Å². The van der Waals surface area contributed by atoms with E-state index in [-0.39, 0.29) is 24.2 Å². The van der Waals surface area contributed by atoms with Crippen LogP contribution < -0.4 is 4.90 Å². The van der Waals surface area contributed by atoms with Gasteiger partial charge in [0, 0.05) is 16.6 Å². The third-order valence-corrected chi connectivity index (χ3v) is 7.48. The van der Waals surface area contributed by atoms with E-state index in [4.69, 9.17) is 12.2 Å². The SMILES string of the molecule is CCCCCCN1C(=O)C(=C2SC(=S)N(Cc3ccc(F)cc3)C2=O)c2cc(Br)ccc21. The number of unbranched alkanes of at least 4 members (excludes halogenated alkanes) is 3. The summed E-state index contributed by atoms with van der Waals surface area (Å²) in [4.78, 5) is 30.4. The summed E-state index contributed by atoms with van der Waals surface area (Å²) in [6.45, 7) is 3.01. The number of carbonyl (C=O) groups is 2. The van der Waals surface area contributed by atoms with Crippen LogP contribution in [0.3, 0.4) is 0 Å². The molecule has 1 saturated heterocycles. The van der Waals surface area contributed by atoms with E-state index in [0.29, 0.717) is 21.3 Å². The van der Waals surface area contributed by atoms with Crippen LogP contribution in [0.25, 0.3) is 5.57 Å². The monoisotopic (exact) mass is 532 g/mol. The summed E-state index contributed by atoms with van der Waals surface area (Å²) in [6.07, 6.45) is 4.22. The first-order valence-corrected chi connectivity index (χ1v) is 12.6. The van der Waals surface area contributed by atoms with Gasteiger partial charge in [0.2, 0.25) is 0 Å². The number of benzene rings is 2. The van der Waals surface area contributed by atoms with Gasteiger partial charge in [0.1, 0.15) is 10.1 Å². The Hall–Kier alpha value is -2.03. The minimum Gasteiger partial charge on any atom is -0.308 e. The summed E-state index contributed by atoms with van der Waals surface area (Å²) in [5.41, 5.74) is 2.76. The fraction of sp³-hybridized carbons (Fsp3) is 0.292. The molecule has 0 saturated carbocycles. The zero-order chi connectivity index (χ0) is 22.8. The number of rotatable bonds is 7. The summed E-state index contributed by atoms with van der Waals surface area (Å²) in [7, 11) is 0. The number of hydrogen-bond acceptors (Lipinski definition) is 4. The molecule has 166 valence electrons. The van der Waals surface area contributed by atoms with Crippen molar-refractivity contribution in [2.24, 2.45) is 0 Å². The van der Waals surface area contributed by atoms with Crippen LogP contribution in [-0.4, -0.2) is 27.6 Å². The third-order valence-electron chi connectivity index (χ3n) is 5.54. The van der Waals surface area contributed by atoms with Gasteiger partial charge in [-0.25, -0.2) is 4.39 Å². The van der Waals surface area contributed by atoms with Crippen LogP contribution in [0.1, 0.15) is 43.7 Å². The zero-order valence-corrected chi connectivity index (χ0v) is 20.8. The number of halogens is 2. The molecule has 4 rings (SSSR count). The molecule has 2 aliphatic heterocycles. The Labute approximate surface area is 205 Å². The fourth-order valence-corrected chi connectivity index (χ4v) is 5.59. The Bertz CT molecular complexity index is 1120. The Balaban J connectivity index is 1.66. The smallest absolute Gasteiger partial charge is 0.267 e. The maximum absolute atomic E-state index is 13.5. The van der Waals surface area contributed by atoms with Crippen molar-refractivity contribution in [2.75, 3.05) is 11.4 Å². The summed E-state index contributed by atoms with van der Waals surface area (Å²) in [5, 5.41) is 0. The molecule has 0 aromatic heterocycles. The van der Waals surface area contributed by atoms with E-state index in [0.717, 1.165) is 58.7 Å². The zero-order valence-electron chi connectivity index (χ0n) is 17.6. The highest BCUT2D eigenvalue weighted by Crippen LogP contribution is 2.45. The van der Waals surface area contributed by atoms with E-state index < -0.39 is 0 Å². The van der Waals surface area contributed by atoms with Crippen molar-refractivity contribution >= 4 is 67.3 Å². The molecule has 0 N–H and O–H groups in total. The van der Waals surface area contributed by atoms with Crippen LogP contribution in [0.4, 0.5) is 10.1 Å². The normalized spacial score (nSPS) is 18.2. The quantitative estimate of drug-likeness (QED) is 0.239. The highest BCUT2D eigenvalue weighted by Gasteiger charge is 2.42. The van der Waals surface area contributed by atoms with Crippen molar-refractivity contribution in [1.29, 1.82) is 0 Å². The predicted octanol–water partition coefficient (Wildman–Crippen LogP) is 6.29. The number of fused-ring (bicyclic) bond motifs is 1. The van der Waals surface area contributed by atoms with E-state index in [1.165, 1.54) is 17.0 Å². The largest absolute Gasteiger partial charge is 0.308 e. The Morgan fingerprint density at radius 2 is 1.75 bits per heavy atom. The van der Waals surface area contributed by atoms with E-state index >= 15 is 0 Å². The molecule has 0 radical (unpaired) electrons. The number of amides is 2. The van der Waals surface area contributed by atoms with Crippen LogP contribution in [0, 0.1) is 5.82 Å². The van der Waals surface area contributed by atoms with E-state index in [1.54, 1.807) is 17.0 Å². The molecule has 1 fully saturated rings. The lowest BCUT2D eigenvalue weighted by Gasteiger charge is -2.17. The Morgan fingerprint density at radius 3 is 2.47 bits per heavy atom.